The van der Waals surface area contributed by atoms with Gasteiger partial charge < -0.3 is 14.8 Å². The third-order valence-corrected chi connectivity index (χ3v) is 3.03. The molecule has 0 spiro atoms. The molecule has 2 saturated heterocycles. The summed E-state index contributed by atoms with van der Waals surface area (Å²) in [7, 11) is 0. The molecule has 92 valence electrons. The van der Waals surface area contributed by atoms with Crippen molar-refractivity contribution in [2.24, 2.45) is 0 Å². The maximum atomic E-state index is 11.5. The molecule has 4 nitrogen and oxygen atoms in total. The number of hydrogen-bond acceptors (Lipinski definition) is 4. The third-order valence-electron chi connectivity index (χ3n) is 3.03. The van der Waals surface area contributed by atoms with Gasteiger partial charge in [0.15, 0.2) is 6.10 Å². The summed E-state index contributed by atoms with van der Waals surface area (Å²) in [6.45, 7) is 9.09. The van der Waals surface area contributed by atoms with E-state index in [2.05, 4.69) is 33.0 Å². The smallest absolute Gasteiger partial charge is 0.337 e. The van der Waals surface area contributed by atoms with E-state index in [4.69, 9.17) is 9.47 Å². The van der Waals surface area contributed by atoms with Gasteiger partial charge >= 0.3 is 5.97 Å². The third kappa shape index (κ3) is 2.95. The van der Waals surface area contributed by atoms with Crippen LogP contribution >= 0.6 is 0 Å². The molecule has 0 amide bonds. The Labute approximate surface area is 96.7 Å². The maximum Gasteiger partial charge on any atom is 0.337 e. The Morgan fingerprint density at radius 1 is 1.25 bits per heavy atom. The standard InChI is InChI=1S/C12H21NO3/c1-11(2)5-8(6-12(3,4)13-11)16-10(14)9-7-15-9/h8-9,13H,5-7H2,1-4H3. The van der Waals surface area contributed by atoms with Gasteiger partial charge in [0.1, 0.15) is 6.10 Å². The van der Waals surface area contributed by atoms with E-state index in [1.54, 1.807) is 0 Å². The molecule has 1 unspecified atom stereocenters. The highest BCUT2D eigenvalue weighted by Crippen LogP contribution is 2.31. The fourth-order valence-electron chi connectivity index (χ4n) is 2.74. The van der Waals surface area contributed by atoms with Crippen LogP contribution in [0.2, 0.25) is 0 Å². The van der Waals surface area contributed by atoms with Crippen molar-refractivity contribution in [1.82, 2.24) is 5.32 Å². The number of nitrogens with one attached hydrogen (secondary N) is 1. The van der Waals surface area contributed by atoms with E-state index < -0.39 is 0 Å². The topological polar surface area (TPSA) is 50.9 Å². The van der Waals surface area contributed by atoms with Gasteiger partial charge in [0.05, 0.1) is 6.61 Å². The van der Waals surface area contributed by atoms with Gasteiger partial charge in [-0.25, -0.2) is 4.79 Å². The second-order valence-corrected chi connectivity index (χ2v) is 6.18. The maximum absolute atomic E-state index is 11.5. The number of carbonyl (C=O) groups is 1. The summed E-state index contributed by atoms with van der Waals surface area (Å²) >= 11 is 0. The van der Waals surface area contributed by atoms with E-state index in [0.29, 0.717) is 6.61 Å². The van der Waals surface area contributed by atoms with E-state index >= 15 is 0 Å². The molecule has 2 heterocycles. The first-order chi connectivity index (χ1) is 7.27. The summed E-state index contributed by atoms with van der Waals surface area (Å²) in [5.41, 5.74) is 0.0220. The number of hydrogen-bond donors (Lipinski definition) is 1. The van der Waals surface area contributed by atoms with Crippen LogP contribution in [0.15, 0.2) is 0 Å². The van der Waals surface area contributed by atoms with Crippen molar-refractivity contribution in [1.29, 1.82) is 0 Å². The van der Waals surface area contributed by atoms with Gasteiger partial charge in [-0.05, 0) is 27.7 Å². The SMILES string of the molecule is CC1(C)CC(OC(=O)C2CO2)CC(C)(C)N1. The van der Waals surface area contributed by atoms with E-state index in [1.807, 2.05) is 0 Å². The molecule has 4 heteroatoms. The molecule has 2 rings (SSSR count). The van der Waals surface area contributed by atoms with Crippen molar-refractivity contribution >= 4 is 5.97 Å². The Bertz CT molecular complexity index is 279. The summed E-state index contributed by atoms with van der Waals surface area (Å²) in [6.07, 6.45) is 1.42. The molecule has 0 aromatic carbocycles. The lowest BCUT2D eigenvalue weighted by molar-refractivity contribution is -0.154. The summed E-state index contributed by atoms with van der Waals surface area (Å²) < 4.78 is 10.4. The van der Waals surface area contributed by atoms with Crippen molar-refractivity contribution < 1.29 is 14.3 Å². The minimum Gasteiger partial charge on any atom is -0.460 e. The van der Waals surface area contributed by atoms with Crippen molar-refractivity contribution in [3.63, 3.8) is 0 Å². The van der Waals surface area contributed by atoms with Crippen LogP contribution in [0.4, 0.5) is 0 Å². The largest absolute Gasteiger partial charge is 0.460 e. The molecule has 0 bridgehead atoms. The number of carbonyl (C=O) groups excluding carboxylic acids is 1. The first-order valence-corrected chi connectivity index (χ1v) is 5.89. The van der Waals surface area contributed by atoms with Gasteiger partial charge in [0.25, 0.3) is 0 Å². The molecule has 0 aromatic rings. The quantitative estimate of drug-likeness (QED) is 0.569. The summed E-state index contributed by atoms with van der Waals surface area (Å²) in [4.78, 5) is 11.5. The molecule has 2 fully saturated rings. The first-order valence-electron chi connectivity index (χ1n) is 5.89. The molecule has 2 aliphatic rings. The fraction of sp³-hybridized carbons (Fsp3) is 0.917. The van der Waals surface area contributed by atoms with Crippen LogP contribution in [0.5, 0.6) is 0 Å². The van der Waals surface area contributed by atoms with Gasteiger partial charge in [-0.3, -0.25) is 0 Å². The Morgan fingerprint density at radius 3 is 2.19 bits per heavy atom. The minimum absolute atomic E-state index is 0.00273. The number of esters is 1. The zero-order valence-corrected chi connectivity index (χ0v) is 10.5. The number of epoxide rings is 1. The summed E-state index contributed by atoms with van der Waals surface area (Å²) in [5, 5.41) is 3.56. The number of piperidine rings is 1. The molecular formula is C12H21NO3. The van der Waals surface area contributed by atoms with E-state index in [1.165, 1.54) is 0 Å². The lowest BCUT2D eigenvalue weighted by Crippen LogP contribution is -2.59. The predicted octanol–water partition coefficient (Wildman–Crippen LogP) is 1.24. The highest BCUT2D eigenvalue weighted by Gasteiger charge is 2.41. The van der Waals surface area contributed by atoms with Crippen LogP contribution in [0, 0.1) is 0 Å². The van der Waals surface area contributed by atoms with Gasteiger partial charge in [0, 0.05) is 23.9 Å². The molecule has 0 saturated carbocycles. The van der Waals surface area contributed by atoms with Crippen LogP contribution in [0.3, 0.4) is 0 Å². The zero-order valence-electron chi connectivity index (χ0n) is 10.5. The van der Waals surface area contributed by atoms with Crippen LogP contribution in [-0.4, -0.2) is 35.9 Å². The molecule has 0 aromatic heterocycles. The molecule has 0 radical (unpaired) electrons. The molecule has 1 atom stereocenters. The Hall–Kier alpha value is -0.610. The predicted molar refractivity (Wildman–Crippen MR) is 60.1 cm³/mol. The average Bonchev–Trinajstić information content (AvgIpc) is 2.77. The molecule has 2 aliphatic heterocycles. The van der Waals surface area contributed by atoms with Gasteiger partial charge in [0.2, 0.25) is 0 Å². The van der Waals surface area contributed by atoms with Crippen LogP contribution in [0.25, 0.3) is 0 Å². The molecule has 0 aliphatic carbocycles. The Morgan fingerprint density at radius 2 is 1.75 bits per heavy atom. The van der Waals surface area contributed by atoms with Gasteiger partial charge in [-0.15, -0.1) is 0 Å². The first kappa shape index (κ1) is 11.9. The van der Waals surface area contributed by atoms with Crippen molar-refractivity contribution in [2.45, 2.75) is 63.8 Å². The second kappa shape index (κ2) is 3.70. The Kier molecular flexibility index (Phi) is 2.75. The lowest BCUT2D eigenvalue weighted by Gasteiger charge is -2.45. The zero-order chi connectivity index (χ0) is 12.0. The van der Waals surface area contributed by atoms with Crippen molar-refractivity contribution in [3.8, 4) is 0 Å². The van der Waals surface area contributed by atoms with Crippen LogP contribution in [-0.2, 0) is 14.3 Å². The van der Waals surface area contributed by atoms with E-state index in [9.17, 15) is 4.79 Å². The summed E-state index contributed by atoms with van der Waals surface area (Å²) in [6, 6.07) is 0. The van der Waals surface area contributed by atoms with E-state index in [0.717, 1.165) is 12.8 Å². The van der Waals surface area contributed by atoms with Gasteiger partial charge in [-0.1, -0.05) is 0 Å². The highest BCUT2D eigenvalue weighted by molar-refractivity contribution is 5.77. The molecule has 1 N–H and O–H groups in total. The lowest BCUT2D eigenvalue weighted by atomic mass is 9.81. The highest BCUT2D eigenvalue weighted by atomic mass is 16.6. The molecule has 16 heavy (non-hydrogen) atoms. The fourth-order valence-corrected chi connectivity index (χ4v) is 2.74. The second-order valence-electron chi connectivity index (χ2n) is 6.18. The number of ether oxygens (including phenoxy) is 2. The number of rotatable bonds is 2. The average molecular weight is 227 g/mol. The normalized spacial score (nSPS) is 32.1. The summed E-state index contributed by atoms with van der Waals surface area (Å²) in [5.74, 6) is -0.196. The van der Waals surface area contributed by atoms with Crippen LogP contribution < -0.4 is 5.32 Å². The van der Waals surface area contributed by atoms with Crippen LogP contribution in [0.1, 0.15) is 40.5 Å². The van der Waals surface area contributed by atoms with Gasteiger partial charge in [-0.2, -0.15) is 0 Å². The minimum atomic E-state index is -0.291. The Balaban J connectivity index is 1.95. The monoisotopic (exact) mass is 227 g/mol. The van der Waals surface area contributed by atoms with E-state index in [-0.39, 0.29) is 29.3 Å². The molecular weight excluding hydrogens is 206 g/mol. The van der Waals surface area contributed by atoms with Crippen molar-refractivity contribution in [3.05, 3.63) is 0 Å². The van der Waals surface area contributed by atoms with Crippen molar-refractivity contribution in [2.75, 3.05) is 6.61 Å².